The highest BCUT2D eigenvalue weighted by molar-refractivity contribution is 5.75. The van der Waals surface area contributed by atoms with Gasteiger partial charge in [0.25, 0.3) is 0 Å². The Balaban J connectivity index is 1.65. The van der Waals surface area contributed by atoms with Crippen molar-refractivity contribution in [2.45, 2.75) is 45.6 Å². The molecule has 23 heavy (non-hydrogen) atoms. The molecule has 122 valence electrons. The maximum Gasteiger partial charge on any atom is 0.246 e. The van der Waals surface area contributed by atoms with E-state index in [1.54, 1.807) is 0 Å². The number of hydrogen-bond donors (Lipinski definition) is 0. The zero-order valence-electron chi connectivity index (χ0n) is 13.6. The Bertz CT molecular complexity index is 641. The molecule has 1 aliphatic rings. The van der Waals surface area contributed by atoms with Crippen molar-refractivity contribution in [2.24, 2.45) is 0 Å². The van der Waals surface area contributed by atoms with Gasteiger partial charge in [0.05, 0.1) is 0 Å². The molecule has 0 N–H and O–H groups in total. The highest BCUT2D eigenvalue weighted by atomic mass is 16.2. The molecule has 0 radical (unpaired) electrons. The first-order valence-corrected chi connectivity index (χ1v) is 8.41. The first kappa shape index (κ1) is 15.6. The summed E-state index contributed by atoms with van der Waals surface area (Å²) in [5, 5.41) is 12.4. The third-order valence-corrected chi connectivity index (χ3v) is 4.31. The summed E-state index contributed by atoms with van der Waals surface area (Å²) in [6.07, 6.45) is 5.61. The lowest BCUT2D eigenvalue weighted by Crippen LogP contribution is -2.35. The second kappa shape index (κ2) is 7.35. The maximum absolute atomic E-state index is 12.3. The fraction of sp³-hybridized carbons (Fsp3) is 0.529. The topological polar surface area (TPSA) is 63.9 Å². The Morgan fingerprint density at radius 3 is 2.43 bits per heavy atom. The van der Waals surface area contributed by atoms with E-state index in [2.05, 4.69) is 34.5 Å². The lowest BCUT2D eigenvalue weighted by Gasteiger charge is -2.19. The summed E-state index contributed by atoms with van der Waals surface area (Å²) in [4.78, 5) is 15.7. The van der Waals surface area contributed by atoms with Crippen molar-refractivity contribution in [2.75, 3.05) is 13.1 Å². The first-order valence-electron chi connectivity index (χ1n) is 8.41. The number of aryl methyl sites for hydroxylation is 1. The third-order valence-electron chi connectivity index (χ3n) is 4.31. The average molecular weight is 313 g/mol. The molecule has 1 aliphatic heterocycles. The average Bonchev–Trinajstić information content (AvgIpc) is 2.87. The van der Waals surface area contributed by atoms with E-state index < -0.39 is 0 Å². The van der Waals surface area contributed by atoms with Gasteiger partial charge in [0, 0.05) is 18.7 Å². The summed E-state index contributed by atoms with van der Waals surface area (Å²) >= 11 is 0. The molecule has 0 spiro atoms. The number of hydrogen-bond acceptors (Lipinski definition) is 4. The molecule has 3 rings (SSSR count). The van der Waals surface area contributed by atoms with Crippen LogP contribution in [0.1, 0.15) is 38.2 Å². The quantitative estimate of drug-likeness (QED) is 0.869. The van der Waals surface area contributed by atoms with Crippen molar-refractivity contribution < 1.29 is 4.79 Å². The van der Waals surface area contributed by atoms with E-state index in [4.69, 9.17) is 0 Å². The molecule has 0 atom stereocenters. The van der Waals surface area contributed by atoms with Crippen molar-refractivity contribution in [3.05, 3.63) is 29.8 Å². The van der Waals surface area contributed by atoms with Gasteiger partial charge in [0.15, 0.2) is 0 Å². The minimum absolute atomic E-state index is 0.0807. The van der Waals surface area contributed by atoms with E-state index in [0.717, 1.165) is 37.9 Å². The summed E-state index contributed by atoms with van der Waals surface area (Å²) in [6.45, 7) is 3.98. The molecule has 2 aromatic rings. The van der Waals surface area contributed by atoms with E-state index in [0.29, 0.717) is 5.82 Å². The number of rotatable bonds is 4. The van der Waals surface area contributed by atoms with Crippen LogP contribution in [0.5, 0.6) is 0 Å². The Labute approximate surface area is 136 Å². The molecule has 0 unspecified atom stereocenters. The van der Waals surface area contributed by atoms with Crippen molar-refractivity contribution in [1.29, 1.82) is 0 Å². The fourth-order valence-corrected chi connectivity index (χ4v) is 2.86. The number of tetrazole rings is 1. The lowest BCUT2D eigenvalue weighted by molar-refractivity contribution is -0.132. The second-order valence-corrected chi connectivity index (χ2v) is 5.99. The van der Waals surface area contributed by atoms with Crippen LogP contribution >= 0.6 is 0 Å². The van der Waals surface area contributed by atoms with E-state index in [1.165, 1.54) is 23.2 Å². The normalized spacial score (nSPS) is 15.4. The van der Waals surface area contributed by atoms with Gasteiger partial charge in [0.2, 0.25) is 11.7 Å². The molecular formula is C17H23N5O. The third kappa shape index (κ3) is 3.94. The van der Waals surface area contributed by atoms with Crippen LogP contribution in [-0.2, 0) is 17.8 Å². The molecular weight excluding hydrogens is 290 g/mol. The summed E-state index contributed by atoms with van der Waals surface area (Å²) in [5.41, 5.74) is 2.20. The lowest BCUT2D eigenvalue weighted by atomic mass is 10.1. The molecule has 1 saturated heterocycles. The number of carbonyl (C=O) groups excluding carboxylic acids is 1. The molecule has 1 aromatic heterocycles. The zero-order chi connectivity index (χ0) is 16.1. The van der Waals surface area contributed by atoms with Crippen LogP contribution < -0.4 is 0 Å². The largest absolute Gasteiger partial charge is 0.341 e. The van der Waals surface area contributed by atoms with E-state index >= 15 is 0 Å². The van der Waals surface area contributed by atoms with Crippen LogP contribution in [0.2, 0.25) is 0 Å². The molecule has 0 bridgehead atoms. The van der Waals surface area contributed by atoms with Gasteiger partial charge in [-0.1, -0.05) is 44.0 Å². The van der Waals surface area contributed by atoms with E-state index in [1.807, 2.05) is 17.0 Å². The highest BCUT2D eigenvalue weighted by Crippen LogP contribution is 2.15. The van der Waals surface area contributed by atoms with Crippen molar-refractivity contribution in [1.82, 2.24) is 25.1 Å². The molecule has 6 nitrogen and oxygen atoms in total. The molecule has 1 fully saturated rings. The fourth-order valence-electron chi connectivity index (χ4n) is 2.86. The highest BCUT2D eigenvalue weighted by Gasteiger charge is 2.17. The molecule has 1 aromatic carbocycles. The SMILES string of the molecule is CCc1ccc(-c2nnn(CC(=O)N3CCCCCC3)n2)cc1. The number of likely N-dealkylation sites (tertiary alicyclic amines) is 1. The number of nitrogens with zero attached hydrogens (tertiary/aromatic N) is 5. The standard InChI is InChI=1S/C17H23N5O/c1-2-14-7-9-15(10-8-14)17-18-20-22(19-17)13-16(23)21-11-5-3-4-6-12-21/h7-10H,2-6,11-13H2,1H3. The maximum atomic E-state index is 12.3. The van der Waals surface area contributed by atoms with Gasteiger partial charge in [0.1, 0.15) is 6.54 Å². The minimum atomic E-state index is 0.0807. The Morgan fingerprint density at radius 2 is 1.78 bits per heavy atom. The molecule has 2 heterocycles. The summed E-state index contributed by atoms with van der Waals surface area (Å²) in [6, 6.07) is 8.13. The van der Waals surface area contributed by atoms with Crippen LogP contribution in [0.4, 0.5) is 0 Å². The predicted octanol–water partition coefficient (Wildman–Crippen LogP) is 2.31. The molecule has 1 amide bonds. The Hall–Kier alpha value is -2.24. The first-order chi connectivity index (χ1) is 11.3. The number of amides is 1. The summed E-state index contributed by atoms with van der Waals surface area (Å²) in [7, 11) is 0. The smallest absolute Gasteiger partial charge is 0.246 e. The van der Waals surface area contributed by atoms with Crippen LogP contribution in [0.15, 0.2) is 24.3 Å². The summed E-state index contributed by atoms with van der Waals surface area (Å²) in [5.74, 6) is 0.647. The monoisotopic (exact) mass is 313 g/mol. The van der Waals surface area contributed by atoms with E-state index in [-0.39, 0.29) is 12.5 Å². The van der Waals surface area contributed by atoms with Gasteiger partial charge in [-0.15, -0.1) is 10.2 Å². The zero-order valence-corrected chi connectivity index (χ0v) is 13.6. The molecule has 0 saturated carbocycles. The van der Waals surface area contributed by atoms with Crippen molar-refractivity contribution in [3.63, 3.8) is 0 Å². The van der Waals surface area contributed by atoms with Crippen LogP contribution in [0.3, 0.4) is 0 Å². The minimum Gasteiger partial charge on any atom is -0.341 e. The van der Waals surface area contributed by atoms with Crippen molar-refractivity contribution >= 4 is 5.91 Å². The van der Waals surface area contributed by atoms with Crippen LogP contribution in [0.25, 0.3) is 11.4 Å². The van der Waals surface area contributed by atoms with Crippen molar-refractivity contribution in [3.8, 4) is 11.4 Å². The van der Waals surface area contributed by atoms with Gasteiger partial charge in [-0.2, -0.15) is 4.80 Å². The molecule has 6 heteroatoms. The summed E-state index contributed by atoms with van der Waals surface area (Å²) < 4.78 is 0. The molecule has 0 aliphatic carbocycles. The number of carbonyl (C=O) groups is 1. The van der Waals surface area contributed by atoms with Gasteiger partial charge in [-0.25, -0.2) is 0 Å². The second-order valence-electron chi connectivity index (χ2n) is 5.99. The predicted molar refractivity (Wildman–Crippen MR) is 87.7 cm³/mol. The van der Waals surface area contributed by atoms with Gasteiger partial charge < -0.3 is 4.90 Å². The Kier molecular flexibility index (Phi) is 5.00. The van der Waals surface area contributed by atoms with Gasteiger partial charge in [-0.05, 0) is 30.0 Å². The number of aromatic nitrogens is 4. The number of benzene rings is 1. The van der Waals surface area contributed by atoms with Gasteiger partial charge >= 0.3 is 0 Å². The van der Waals surface area contributed by atoms with E-state index in [9.17, 15) is 4.79 Å². The van der Waals surface area contributed by atoms with Crippen LogP contribution in [0, 0.1) is 0 Å². The Morgan fingerprint density at radius 1 is 1.09 bits per heavy atom. The van der Waals surface area contributed by atoms with Crippen LogP contribution in [-0.4, -0.2) is 44.1 Å². The van der Waals surface area contributed by atoms with Gasteiger partial charge in [-0.3, -0.25) is 4.79 Å².